The predicted octanol–water partition coefficient (Wildman–Crippen LogP) is 5.50. The van der Waals surface area contributed by atoms with Crippen LogP contribution >= 0.6 is 11.3 Å². The van der Waals surface area contributed by atoms with Crippen LogP contribution in [0.2, 0.25) is 0 Å². The van der Waals surface area contributed by atoms with Crippen molar-refractivity contribution in [2.45, 2.75) is 6.92 Å². The molecule has 0 fully saturated rings. The lowest BCUT2D eigenvalue weighted by Gasteiger charge is -2.10. The van der Waals surface area contributed by atoms with Crippen LogP contribution in [0, 0.1) is 0 Å². The van der Waals surface area contributed by atoms with E-state index in [2.05, 4.69) is 33.9 Å². The maximum absolute atomic E-state index is 5.76. The summed E-state index contributed by atoms with van der Waals surface area (Å²) in [4.78, 5) is 9.01. The summed E-state index contributed by atoms with van der Waals surface area (Å²) >= 11 is 1.57. The van der Waals surface area contributed by atoms with Gasteiger partial charge in [-0.25, -0.2) is 9.97 Å². The van der Waals surface area contributed by atoms with Crippen LogP contribution in [0.5, 0.6) is 5.75 Å². The van der Waals surface area contributed by atoms with Gasteiger partial charge in [0.2, 0.25) is 0 Å². The van der Waals surface area contributed by atoms with Gasteiger partial charge in [-0.15, -0.1) is 11.3 Å². The second-order valence-electron chi connectivity index (χ2n) is 5.47. The molecule has 2 aromatic heterocycles. The van der Waals surface area contributed by atoms with Gasteiger partial charge in [-0.05, 0) is 36.6 Å². The smallest absolute Gasteiger partial charge is 0.188 e. The maximum atomic E-state index is 5.76. The van der Waals surface area contributed by atoms with Crippen molar-refractivity contribution >= 4 is 33.1 Å². The zero-order chi connectivity index (χ0) is 17.1. The molecule has 2 aromatic carbocycles. The van der Waals surface area contributed by atoms with E-state index in [0.29, 0.717) is 6.61 Å². The number of fused-ring (bicyclic) bond motifs is 1. The Bertz CT molecular complexity index is 998. The van der Waals surface area contributed by atoms with E-state index < -0.39 is 0 Å². The van der Waals surface area contributed by atoms with E-state index in [-0.39, 0.29) is 0 Å². The SMILES string of the molecule is CCOc1ccc(-c2csc(Nc3ccccn3)n2)c2ccccc12. The summed E-state index contributed by atoms with van der Waals surface area (Å²) < 4.78 is 5.76. The molecule has 0 saturated carbocycles. The normalized spacial score (nSPS) is 10.8. The van der Waals surface area contributed by atoms with Crippen molar-refractivity contribution in [1.29, 1.82) is 0 Å². The molecule has 0 atom stereocenters. The fraction of sp³-hybridized carbons (Fsp3) is 0.100. The van der Waals surface area contributed by atoms with E-state index in [0.717, 1.165) is 38.7 Å². The Kier molecular flexibility index (Phi) is 4.31. The van der Waals surface area contributed by atoms with Crippen LogP contribution in [0.15, 0.2) is 66.2 Å². The Labute approximate surface area is 150 Å². The molecule has 25 heavy (non-hydrogen) atoms. The molecular formula is C20H17N3OS. The lowest BCUT2D eigenvalue weighted by Crippen LogP contribution is -1.94. The number of pyridine rings is 1. The highest BCUT2D eigenvalue weighted by Gasteiger charge is 2.11. The van der Waals surface area contributed by atoms with Crippen molar-refractivity contribution in [1.82, 2.24) is 9.97 Å². The van der Waals surface area contributed by atoms with Crippen LogP contribution in [0.3, 0.4) is 0 Å². The monoisotopic (exact) mass is 347 g/mol. The highest BCUT2D eigenvalue weighted by Crippen LogP contribution is 2.36. The first-order chi connectivity index (χ1) is 12.3. The number of nitrogens with zero attached hydrogens (tertiary/aromatic N) is 2. The zero-order valence-corrected chi connectivity index (χ0v) is 14.6. The largest absolute Gasteiger partial charge is 0.493 e. The van der Waals surface area contributed by atoms with Crippen LogP contribution in [-0.4, -0.2) is 16.6 Å². The molecule has 0 aliphatic carbocycles. The number of aromatic nitrogens is 2. The molecule has 4 nitrogen and oxygen atoms in total. The molecule has 0 amide bonds. The third-order valence-electron chi connectivity index (χ3n) is 3.86. The molecule has 0 aliphatic heterocycles. The first-order valence-corrected chi connectivity index (χ1v) is 9.01. The molecule has 0 radical (unpaired) electrons. The summed E-state index contributed by atoms with van der Waals surface area (Å²) in [6, 6.07) is 18.1. The second-order valence-corrected chi connectivity index (χ2v) is 6.33. The summed E-state index contributed by atoms with van der Waals surface area (Å²) in [6.07, 6.45) is 1.76. The first-order valence-electron chi connectivity index (χ1n) is 8.13. The predicted molar refractivity (Wildman–Crippen MR) is 104 cm³/mol. The molecule has 2 heterocycles. The molecule has 0 bridgehead atoms. The average molecular weight is 347 g/mol. The second kappa shape index (κ2) is 6.91. The van der Waals surface area contributed by atoms with Crippen LogP contribution in [0.1, 0.15) is 6.92 Å². The van der Waals surface area contributed by atoms with Crippen molar-refractivity contribution in [3.05, 3.63) is 66.2 Å². The van der Waals surface area contributed by atoms with E-state index >= 15 is 0 Å². The molecule has 4 aromatic rings. The van der Waals surface area contributed by atoms with Gasteiger partial charge in [-0.2, -0.15) is 0 Å². The Morgan fingerprint density at radius 2 is 1.84 bits per heavy atom. The van der Waals surface area contributed by atoms with E-state index in [9.17, 15) is 0 Å². The van der Waals surface area contributed by atoms with Gasteiger partial charge in [-0.3, -0.25) is 0 Å². The van der Waals surface area contributed by atoms with Gasteiger partial charge in [0, 0.05) is 22.5 Å². The zero-order valence-electron chi connectivity index (χ0n) is 13.8. The summed E-state index contributed by atoms with van der Waals surface area (Å²) in [5.74, 6) is 1.70. The molecule has 0 spiro atoms. The molecule has 4 rings (SSSR count). The highest BCUT2D eigenvalue weighted by molar-refractivity contribution is 7.14. The van der Waals surface area contributed by atoms with Gasteiger partial charge in [0.1, 0.15) is 11.6 Å². The topological polar surface area (TPSA) is 47.0 Å². The highest BCUT2D eigenvalue weighted by atomic mass is 32.1. The van der Waals surface area contributed by atoms with Crippen molar-refractivity contribution in [3.63, 3.8) is 0 Å². The van der Waals surface area contributed by atoms with Crippen LogP contribution in [0.4, 0.5) is 10.9 Å². The number of ether oxygens (including phenoxy) is 1. The van der Waals surface area contributed by atoms with E-state index in [4.69, 9.17) is 9.72 Å². The van der Waals surface area contributed by atoms with Gasteiger partial charge in [-0.1, -0.05) is 30.3 Å². The van der Waals surface area contributed by atoms with Crippen LogP contribution in [0.25, 0.3) is 22.0 Å². The number of hydrogen-bond donors (Lipinski definition) is 1. The molecular weight excluding hydrogens is 330 g/mol. The molecule has 0 saturated heterocycles. The number of benzene rings is 2. The minimum Gasteiger partial charge on any atom is -0.493 e. The Balaban J connectivity index is 1.72. The Morgan fingerprint density at radius 3 is 2.64 bits per heavy atom. The van der Waals surface area contributed by atoms with E-state index in [1.165, 1.54) is 0 Å². The van der Waals surface area contributed by atoms with Gasteiger partial charge in [0.25, 0.3) is 0 Å². The molecule has 0 unspecified atom stereocenters. The average Bonchev–Trinajstić information content (AvgIpc) is 3.11. The van der Waals surface area contributed by atoms with Crippen molar-refractivity contribution < 1.29 is 4.74 Å². The van der Waals surface area contributed by atoms with Crippen LogP contribution in [-0.2, 0) is 0 Å². The number of rotatable bonds is 5. The lowest BCUT2D eigenvalue weighted by atomic mass is 10.0. The Hall–Kier alpha value is -2.92. The lowest BCUT2D eigenvalue weighted by molar-refractivity contribution is 0.344. The summed E-state index contributed by atoms with van der Waals surface area (Å²) in [7, 11) is 0. The maximum Gasteiger partial charge on any atom is 0.188 e. The number of hydrogen-bond acceptors (Lipinski definition) is 5. The summed E-state index contributed by atoms with van der Waals surface area (Å²) in [5.41, 5.74) is 2.05. The van der Waals surface area contributed by atoms with Crippen molar-refractivity contribution in [2.24, 2.45) is 0 Å². The summed E-state index contributed by atoms with van der Waals surface area (Å²) in [6.45, 7) is 2.65. The Morgan fingerprint density at radius 1 is 1.00 bits per heavy atom. The van der Waals surface area contributed by atoms with Crippen LogP contribution < -0.4 is 10.1 Å². The number of thiazole rings is 1. The molecule has 124 valence electrons. The molecule has 0 aliphatic rings. The van der Waals surface area contributed by atoms with Gasteiger partial charge < -0.3 is 10.1 Å². The minimum atomic E-state index is 0.651. The van der Waals surface area contributed by atoms with Gasteiger partial charge >= 0.3 is 0 Å². The standard InChI is InChI=1S/C20H17N3OS/c1-2-24-18-11-10-15(14-7-3-4-8-16(14)18)17-13-25-20(22-17)23-19-9-5-6-12-21-19/h3-13H,2H2,1H3,(H,21,22,23). The number of anilines is 2. The fourth-order valence-electron chi connectivity index (χ4n) is 2.78. The fourth-order valence-corrected chi connectivity index (χ4v) is 3.49. The quantitative estimate of drug-likeness (QED) is 0.518. The number of nitrogens with one attached hydrogen (secondary N) is 1. The molecule has 5 heteroatoms. The molecule has 1 N–H and O–H groups in total. The van der Waals surface area contributed by atoms with Gasteiger partial charge in [0.15, 0.2) is 5.13 Å². The van der Waals surface area contributed by atoms with E-state index in [1.54, 1.807) is 17.5 Å². The third-order valence-corrected chi connectivity index (χ3v) is 4.62. The first kappa shape index (κ1) is 15.6. The van der Waals surface area contributed by atoms with Crippen molar-refractivity contribution in [3.8, 4) is 17.0 Å². The van der Waals surface area contributed by atoms with Gasteiger partial charge in [0.05, 0.1) is 12.3 Å². The third kappa shape index (κ3) is 3.19. The van der Waals surface area contributed by atoms with E-state index in [1.807, 2.05) is 43.3 Å². The van der Waals surface area contributed by atoms with Crippen molar-refractivity contribution in [2.75, 3.05) is 11.9 Å². The minimum absolute atomic E-state index is 0.651. The summed E-state index contributed by atoms with van der Waals surface area (Å²) in [5, 5.41) is 8.38.